The van der Waals surface area contributed by atoms with Gasteiger partial charge in [0.15, 0.2) is 5.82 Å². The molecule has 1 N–H and O–H groups in total. The molecule has 6 heteroatoms. The van der Waals surface area contributed by atoms with Gasteiger partial charge in [-0.25, -0.2) is 0 Å². The number of aryl methyl sites for hydroxylation is 1. The van der Waals surface area contributed by atoms with Crippen molar-refractivity contribution in [3.8, 4) is 0 Å². The minimum absolute atomic E-state index is 0.468. The highest BCUT2D eigenvalue weighted by atomic mass is 16.4. The topological polar surface area (TPSA) is 71.2 Å². The molecule has 0 saturated heterocycles. The fourth-order valence-electron chi connectivity index (χ4n) is 2.47. The molecule has 0 spiro atoms. The number of para-hydroxylation sites is 1. The monoisotopic (exact) mass is 258 g/mol. The molecule has 0 bridgehead atoms. The Morgan fingerprint density at radius 1 is 1.47 bits per heavy atom. The molecular formula is C13H14N4O2. The lowest BCUT2D eigenvalue weighted by molar-refractivity contribution is -0.138. The van der Waals surface area contributed by atoms with E-state index in [0.29, 0.717) is 13.1 Å². The number of hydrogen-bond acceptors (Lipinski definition) is 4. The van der Waals surface area contributed by atoms with Crippen molar-refractivity contribution in [2.24, 2.45) is 7.05 Å². The van der Waals surface area contributed by atoms with Gasteiger partial charge in [0.25, 0.3) is 0 Å². The Labute approximate surface area is 110 Å². The van der Waals surface area contributed by atoms with Crippen LogP contribution >= 0.6 is 0 Å². The molecule has 19 heavy (non-hydrogen) atoms. The molecule has 1 atom stereocenters. The Morgan fingerprint density at radius 2 is 2.26 bits per heavy atom. The molecule has 0 saturated carbocycles. The first-order chi connectivity index (χ1) is 9.16. The van der Waals surface area contributed by atoms with Crippen molar-refractivity contribution in [2.45, 2.75) is 12.5 Å². The van der Waals surface area contributed by atoms with E-state index in [1.54, 1.807) is 6.33 Å². The minimum atomic E-state index is -0.784. The number of fused-ring (bicyclic) bond motifs is 1. The van der Waals surface area contributed by atoms with Crippen molar-refractivity contribution in [3.63, 3.8) is 0 Å². The van der Waals surface area contributed by atoms with Crippen molar-refractivity contribution in [3.05, 3.63) is 42.0 Å². The lowest BCUT2D eigenvalue weighted by Crippen LogP contribution is -2.25. The molecule has 1 aromatic heterocycles. The van der Waals surface area contributed by atoms with E-state index in [1.165, 1.54) is 0 Å². The molecular weight excluding hydrogens is 244 g/mol. The predicted octanol–water partition coefficient (Wildman–Crippen LogP) is 1.00. The summed E-state index contributed by atoms with van der Waals surface area (Å²) >= 11 is 0. The smallest absolute Gasteiger partial charge is 0.312 e. The summed E-state index contributed by atoms with van der Waals surface area (Å²) in [6.07, 6.45) is 1.64. The standard InChI is InChI=1S/C13H14N4O2/c1-16-8-14-15-12(16)7-17-6-10(13(18)19)9-4-2-3-5-11(9)17/h2-5,8,10H,6-7H2,1H3,(H,18,19). The molecule has 3 rings (SSSR count). The lowest BCUT2D eigenvalue weighted by Gasteiger charge is -2.18. The van der Waals surface area contributed by atoms with Crippen LogP contribution in [0.3, 0.4) is 0 Å². The summed E-state index contributed by atoms with van der Waals surface area (Å²) in [4.78, 5) is 13.4. The quantitative estimate of drug-likeness (QED) is 0.889. The number of nitrogens with zero attached hydrogens (tertiary/aromatic N) is 4. The summed E-state index contributed by atoms with van der Waals surface area (Å²) in [7, 11) is 1.88. The van der Waals surface area contributed by atoms with Crippen molar-refractivity contribution in [1.29, 1.82) is 0 Å². The average molecular weight is 258 g/mol. The molecule has 1 aromatic carbocycles. The molecule has 0 fully saturated rings. The molecule has 2 aromatic rings. The SMILES string of the molecule is Cn1cnnc1CN1CC(C(=O)O)c2ccccc21. The van der Waals surface area contributed by atoms with Gasteiger partial charge in [0.05, 0.1) is 6.54 Å². The number of aliphatic carboxylic acids is 1. The third kappa shape index (κ3) is 1.95. The van der Waals surface area contributed by atoms with E-state index >= 15 is 0 Å². The zero-order chi connectivity index (χ0) is 13.4. The number of aromatic nitrogens is 3. The Morgan fingerprint density at radius 3 is 2.95 bits per heavy atom. The largest absolute Gasteiger partial charge is 0.481 e. The van der Waals surface area contributed by atoms with E-state index in [0.717, 1.165) is 17.1 Å². The van der Waals surface area contributed by atoms with E-state index in [1.807, 2.05) is 40.8 Å². The van der Waals surface area contributed by atoms with Crippen molar-refractivity contribution >= 4 is 11.7 Å². The second-order valence-electron chi connectivity index (χ2n) is 4.69. The van der Waals surface area contributed by atoms with Gasteiger partial charge in [-0.3, -0.25) is 4.79 Å². The average Bonchev–Trinajstić information content (AvgIpc) is 2.96. The number of carboxylic acids is 1. The molecule has 98 valence electrons. The molecule has 2 heterocycles. The summed E-state index contributed by atoms with van der Waals surface area (Å²) in [5, 5.41) is 17.2. The van der Waals surface area contributed by atoms with Crippen LogP contribution in [0.15, 0.2) is 30.6 Å². The number of hydrogen-bond donors (Lipinski definition) is 1. The first-order valence-electron chi connectivity index (χ1n) is 6.06. The number of carbonyl (C=O) groups is 1. The maximum absolute atomic E-state index is 11.3. The highest BCUT2D eigenvalue weighted by Crippen LogP contribution is 2.36. The first-order valence-corrected chi connectivity index (χ1v) is 6.06. The highest BCUT2D eigenvalue weighted by molar-refractivity contribution is 5.82. The molecule has 0 amide bonds. The van der Waals surface area contributed by atoms with E-state index in [9.17, 15) is 9.90 Å². The zero-order valence-electron chi connectivity index (χ0n) is 10.5. The van der Waals surface area contributed by atoms with Crippen LogP contribution in [0.1, 0.15) is 17.3 Å². The Hall–Kier alpha value is -2.37. The second-order valence-corrected chi connectivity index (χ2v) is 4.69. The second kappa shape index (κ2) is 4.38. The predicted molar refractivity (Wildman–Crippen MR) is 68.9 cm³/mol. The number of rotatable bonds is 3. The van der Waals surface area contributed by atoms with Gasteiger partial charge < -0.3 is 14.6 Å². The first kappa shape index (κ1) is 11.7. The van der Waals surface area contributed by atoms with Gasteiger partial charge in [-0.1, -0.05) is 18.2 Å². The van der Waals surface area contributed by atoms with E-state index < -0.39 is 11.9 Å². The molecule has 1 aliphatic heterocycles. The number of carboxylic acid groups (broad SMARTS) is 1. The van der Waals surface area contributed by atoms with Gasteiger partial charge >= 0.3 is 5.97 Å². The number of benzene rings is 1. The summed E-state index contributed by atoms with van der Waals surface area (Å²) in [6, 6.07) is 7.63. The zero-order valence-corrected chi connectivity index (χ0v) is 10.5. The molecule has 0 aliphatic carbocycles. The lowest BCUT2D eigenvalue weighted by atomic mass is 10.0. The maximum Gasteiger partial charge on any atom is 0.312 e. The number of anilines is 1. The van der Waals surface area contributed by atoms with Crippen LogP contribution in [-0.2, 0) is 18.4 Å². The van der Waals surface area contributed by atoms with Crippen molar-refractivity contribution in [1.82, 2.24) is 14.8 Å². The summed E-state index contributed by atoms with van der Waals surface area (Å²) in [5.41, 5.74) is 1.84. The fraction of sp³-hybridized carbons (Fsp3) is 0.308. The van der Waals surface area contributed by atoms with Crippen LogP contribution in [0.25, 0.3) is 0 Å². The van der Waals surface area contributed by atoms with Crippen LogP contribution in [0.4, 0.5) is 5.69 Å². The molecule has 1 unspecified atom stereocenters. The fourth-order valence-corrected chi connectivity index (χ4v) is 2.47. The third-order valence-corrected chi connectivity index (χ3v) is 3.49. The van der Waals surface area contributed by atoms with Gasteiger partial charge in [-0.05, 0) is 11.6 Å². The molecule has 0 radical (unpaired) electrons. The van der Waals surface area contributed by atoms with Gasteiger partial charge in [0.1, 0.15) is 12.2 Å². The van der Waals surface area contributed by atoms with Crippen LogP contribution < -0.4 is 4.90 Å². The Balaban J connectivity index is 1.93. The maximum atomic E-state index is 11.3. The van der Waals surface area contributed by atoms with E-state index in [2.05, 4.69) is 10.2 Å². The van der Waals surface area contributed by atoms with Gasteiger partial charge in [-0.15, -0.1) is 10.2 Å². The van der Waals surface area contributed by atoms with Crippen molar-refractivity contribution < 1.29 is 9.90 Å². The highest BCUT2D eigenvalue weighted by Gasteiger charge is 2.33. The van der Waals surface area contributed by atoms with Crippen LogP contribution in [-0.4, -0.2) is 32.4 Å². The van der Waals surface area contributed by atoms with Gasteiger partial charge in [-0.2, -0.15) is 0 Å². The summed E-state index contributed by atoms with van der Waals surface area (Å²) in [6.45, 7) is 1.04. The normalized spacial score (nSPS) is 17.5. The van der Waals surface area contributed by atoms with Crippen LogP contribution in [0.5, 0.6) is 0 Å². The van der Waals surface area contributed by atoms with E-state index in [4.69, 9.17) is 0 Å². The minimum Gasteiger partial charge on any atom is -0.481 e. The van der Waals surface area contributed by atoms with Crippen LogP contribution in [0, 0.1) is 0 Å². The molecule has 1 aliphatic rings. The Kier molecular flexibility index (Phi) is 2.70. The Bertz CT molecular complexity index is 623. The van der Waals surface area contributed by atoms with Crippen molar-refractivity contribution in [2.75, 3.05) is 11.4 Å². The summed E-state index contributed by atoms with van der Waals surface area (Å²) < 4.78 is 1.84. The van der Waals surface area contributed by atoms with Gasteiger partial charge in [0.2, 0.25) is 0 Å². The van der Waals surface area contributed by atoms with E-state index in [-0.39, 0.29) is 0 Å². The van der Waals surface area contributed by atoms with Crippen LogP contribution in [0.2, 0.25) is 0 Å². The summed E-state index contributed by atoms with van der Waals surface area (Å²) in [5.74, 6) is -0.432. The molecule has 6 nitrogen and oxygen atoms in total. The third-order valence-electron chi connectivity index (χ3n) is 3.49. The van der Waals surface area contributed by atoms with Gasteiger partial charge in [0, 0.05) is 19.3 Å².